The van der Waals surface area contributed by atoms with Crippen LogP contribution in [0.2, 0.25) is 0 Å². The van der Waals surface area contributed by atoms with E-state index < -0.39 is 0 Å². The second kappa shape index (κ2) is 6.31. The van der Waals surface area contributed by atoms with Gasteiger partial charge in [-0.1, -0.05) is 58.7 Å². The number of halogens is 2. The van der Waals surface area contributed by atoms with Crippen LogP contribution in [0, 0.1) is 12.7 Å². The Hall–Kier alpha value is -1.19. The predicted molar refractivity (Wildman–Crippen MR) is 80.8 cm³/mol. The van der Waals surface area contributed by atoms with Crippen molar-refractivity contribution in [1.29, 1.82) is 0 Å². The third kappa shape index (κ3) is 3.43. The molecule has 2 aromatic carbocycles. The van der Waals surface area contributed by atoms with Crippen molar-refractivity contribution in [3.8, 4) is 0 Å². The molecule has 0 spiro atoms. The largest absolute Gasteiger partial charge is 0.306 e. The summed E-state index contributed by atoms with van der Waals surface area (Å²) in [5.41, 5.74) is 3.46. The van der Waals surface area contributed by atoms with E-state index in [1.165, 1.54) is 23.3 Å². The van der Waals surface area contributed by atoms with E-state index in [1.807, 2.05) is 12.1 Å². The van der Waals surface area contributed by atoms with Crippen molar-refractivity contribution in [2.75, 3.05) is 6.54 Å². The molecule has 0 amide bonds. The van der Waals surface area contributed by atoms with Gasteiger partial charge in [-0.3, -0.25) is 0 Å². The molecule has 1 unspecified atom stereocenters. The van der Waals surface area contributed by atoms with Crippen LogP contribution >= 0.6 is 15.9 Å². The Bertz CT molecular complexity index is 568. The lowest BCUT2D eigenvalue weighted by molar-refractivity contribution is 0.611. The molecule has 19 heavy (non-hydrogen) atoms. The molecule has 100 valence electrons. The van der Waals surface area contributed by atoms with E-state index in [1.54, 1.807) is 0 Å². The summed E-state index contributed by atoms with van der Waals surface area (Å²) in [6.45, 7) is 4.99. The maximum Gasteiger partial charge on any atom is 0.124 e. The maximum atomic E-state index is 13.2. The molecule has 1 atom stereocenters. The number of aryl methyl sites for hydroxylation is 1. The van der Waals surface area contributed by atoms with Gasteiger partial charge >= 0.3 is 0 Å². The highest BCUT2D eigenvalue weighted by molar-refractivity contribution is 9.10. The van der Waals surface area contributed by atoms with Crippen molar-refractivity contribution in [2.45, 2.75) is 19.9 Å². The summed E-state index contributed by atoms with van der Waals surface area (Å²) >= 11 is 3.45. The van der Waals surface area contributed by atoms with E-state index in [-0.39, 0.29) is 11.9 Å². The van der Waals surface area contributed by atoms with Crippen LogP contribution in [0.1, 0.15) is 29.7 Å². The molecular formula is C16H17BrFN. The van der Waals surface area contributed by atoms with Gasteiger partial charge in [0.25, 0.3) is 0 Å². The van der Waals surface area contributed by atoms with Crippen molar-refractivity contribution in [3.05, 3.63) is 69.4 Å². The minimum absolute atomic E-state index is 0.0693. The maximum absolute atomic E-state index is 13.2. The molecule has 1 nitrogen and oxygen atoms in total. The first-order chi connectivity index (χ1) is 9.11. The lowest BCUT2D eigenvalue weighted by atomic mass is 9.97. The molecule has 0 aliphatic rings. The Morgan fingerprint density at radius 1 is 1.21 bits per heavy atom. The van der Waals surface area contributed by atoms with E-state index in [0.29, 0.717) is 0 Å². The van der Waals surface area contributed by atoms with Gasteiger partial charge in [0, 0.05) is 4.47 Å². The van der Waals surface area contributed by atoms with Crippen LogP contribution in [0.5, 0.6) is 0 Å². The molecule has 0 heterocycles. The summed E-state index contributed by atoms with van der Waals surface area (Å²) in [6, 6.07) is 13.3. The van der Waals surface area contributed by atoms with Crippen LogP contribution in [-0.4, -0.2) is 6.54 Å². The normalized spacial score (nSPS) is 12.4. The lowest BCUT2D eigenvalue weighted by Crippen LogP contribution is -2.22. The van der Waals surface area contributed by atoms with Crippen molar-refractivity contribution in [1.82, 2.24) is 5.32 Å². The predicted octanol–water partition coefficient (Wildman–Crippen LogP) is 4.60. The molecule has 0 aliphatic heterocycles. The molecular weight excluding hydrogens is 305 g/mol. The number of rotatable bonds is 4. The lowest BCUT2D eigenvalue weighted by Gasteiger charge is -2.20. The van der Waals surface area contributed by atoms with E-state index in [0.717, 1.165) is 16.6 Å². The summed E-state index contributed by atoms with van der Waals surface area (Å²) in [6.07, 6.45) is 0. The Morgan fingerprint density at radius 3 is 2.63 bits per heavy atom. The number of nitrogens with one attached hydrogen (secondary N) is 1. The molecule has 3 heteroatoms. The average molecular weight is 322 g/mol. The van der Waals surface area contributed by atoms with Gasteiger partial charge < -0.3 is 5.32 Å². The zero-order valence-electron chi connectivity index (χ0n) is 11.1. The zero-order chi connectivity index (χ0) is 13.8. The fourth-order valence-corrected chi connectivity index (χ4v) is 2.78. The Kier molecular flexibility index (Phi) is 4.72. The highest BCUT2D eigenvalue weighted by Crippen LogP contribution is 2.29. The van der Waals surface area contributed by atoms with E-state index in [9.17, 15) is 4.39 Å². The topological polar surface area (TPSA) is 12.0 Å². The fourth-order valence-electron chi connectivity index (χ4n) is 2.20. The first kappa shape index (κ1) is 14.2. The summed E-state index contributed by atoms with van der Waals surface area (Å²) < 4.78 is 14.0. The van der Waals surface area contributed by atoms with E-state index in [4.69, 9.17) is 0 Å². The molecule has 0 bridgehead atoms. The van der Waals surface area contributed by atoms with Crippen molar-refractivity contribution in [2.24, 2.45) is 0 Å². The highest BCUT2D eigenvalue weighted by Gasteiger charge is 2.16. The highest BCUT2D eigenvalue weighted by atomic mass is 79.9. The van der Waals surface area contributed by atoms with E-state index in [2.05, 4.69) is 53.3 Å². The molecule has 0 saturated heterocycles. The first-order valence-electron chi connectivity index (χ1n) is 6.36. The fraction of sp³-hybridized carbons (Fsp3) is 0.250. The standard InChI is InChI=1S/C16H17BrFN/c1-3-19-16(12-6-4-5-11(2)9-12)14-8-7-13(18)10-15(14)17/h4-10,16,19H,3H2,1-2H3. The van der Waals surface area contributed by atoms with Gasteiger partial charge in [-0.15, -0.1) is 0 Å². The summed E-state index contributed by atoms with van der Waals surface area (Å²) in [5, 5.41) is 3.45. The van der Waals surface area contributed by atoms with Crippen LogP contribution in [0.15, 0.2) is 46.9 Å². The molecule has 0 aliphatic carbocycles. The molecule has 0 fully saturated rings. The van der Waals surface area contributed by atoms with Crippen molar-refractivity contribution in [3.63, 3.8) is 0 Å². The summed E-state index contributed by atoms with van der Waals surface area (Å²) in [7, 11) is 0. The van der Waals surface area contributed by atoms with Gasteiger partial charge in [0.1, 0.15) is 5.82 Å². The smallest absolute Gasteiger partial charge is 0.124 e. The number of hydrogen-bond acceptors (Lipinski definition) is 1. The molecule has 0 radical (unpaired) electrons. The Balaban J connectivity index is 2.45. The monoisotopic (exact) mass is 321 g/mol. The Labute approximate surface area is 122 Å². The Morgan fingerprint density at radius 2 is 2.00 bits per heavy atom. The second-order valence-corrected chi connectivity index (χ2v) is 5.42. The van der Waals surface area contributed by atoms with Gasteiger partial charge in [-0.2, -0.15) is 0 Å². The van der Waals surface area contributed by atoms with Crippen LogP contribution in [0.25, 0.3) is 0 Å². The van der Waals surface area contributed by atoms with Crippen LogP contribution in [-0.2, 0) is 0 Å². The first-order valence-corrected chi connectivity index (χ1v) is 7.16. The molecule has 1 N–H and O–H groups in total. The van der Waals surface area contributed by atoms with Gasteiger partial charge in [-0.05, 0) is 36.7 Å². The molecule has 2 rings (SSSR count). The SMILES string of the molecule is CCNC(c1cccc(C)c1)c1ccc(F)cc1Br. The zero-order valence-corrected chi connectivity index (χ0v) is 12.7. The molecule has 2 aromatic rings. The third-order valence-electron chi connectivity index (χ3n) is 3.06. The van der Waals surface area contributed by atoms with Crippen LogP contribution in [0.4, 0.5) is 4.39 Å². The van der Waals surface area contributed by atoms with Gasteiger partial charge in [0.05, 0.1) is 6.04 Å². The van der Waals surface area contributed by atoms with Crippen molar-refractivity contribution >= 4 is 15.9 Å². The summed E-state index contributed by atoms with van der Waals surface area (Å²) in [4.78, 5) is 0. The summed E-state index contributed by atoms with van der Waals surface area (Å²) in [5.74, 6) is -0.227. The molecule has 0 saturated carbocycles. The van der Waals surface area contributed by atoms with E-state index >= 15 is 0 Å². The van der Waals surface area contributed by atoms with Gasteiger partial charge in [0.15, 0.2) is 0 Å². The third-order valence-corrected chi connectivity index (χ3v) is 3.74. The quantitative estimate of drug-likeness (QED) is 0.868. The average Bonchev–Trinajstić information content (AvgIpc) is 2.37. The molecule has 0 aromatic heterocycles. The minimum atomic E-state index is -0.227. The number of benzene rings is 2. The minimum Gasteiger partial charge on any atom is -0.306 e. The number of hydrogen-bond donors (Lipinski definition) is 1. The second-order valence-electron chi connectivity index (χ2n) is 4.57. The van der Waals surface area contributed by atoms with Gasteiger partial charge in [0.2, 0.25) is 0 Å². The van der Waals surface area contributed by atoms with Gasteiger partial charge in [-0.25, -0.2) is 4.39 Å². The van der Waals surface area contributed by atoms with Crippen molar-refractivity contribution < 1.29 is 4.39 Å². The van der Waals surface area contributed by atoms with Crippen LogP contribution < -0.4 is 5.32 Å². The van der Waals surface area contributed by atoms with Crippen LogP contribution in [0.3, 0.4) is 0 Å².